The third-order valence-electron chi connectivity index (χ3n) is 5.81. The highest BCUT2D eigenvalue weighted by Crippen LogP contribution is 2.54. The van der Waals surface area contributed by atoms with Crippen LogP contribution in [0.15, 0.2) is 52.7 Å². The zero-order valence-corrected chi connectivity index (χ0v) is 16.2. The molecule has 0 bridgehead atoms. The number of nitrogens with two attached hydrogens (primary N) is 1. The number of nitriles is 2. The molecule has 5 heteroatoms. The van der Waals surface area contributed by atoms with Gasteiger partial charge in [-0.3, -0.25) is 0 Å². The number of benzene rings is 1. The van der Waals surface area contributed by atoms with Crippen LogP contribution >= 0.6 is 0 Å². The quantitative estimate of drug-likeness (QED) is 0.796. The van der Waals surface area contributed by atoms with E-state index >= 15 is 0 Å². The molecule has 0 amide bonds. The molecule has 2 aliphatic carbocycles. The van der Waals surface area contributed by atoms with Crippen LogP contribution in [0.25, 0.3) is 0 Å². The molecule has 0 aliphatic heterocycles. The molecular formula is C23H25N3O2. The molecule has 3 rings (SSSR count). The van der Waals surface area contributed by atoms with Crippen LogP contribution < -0.4 is 5.73 Å². The first-order valence-corrected chi connectivity index (χ1v) is 9.87. The maximum atomic E-state index is 13.1. The molecule has 1 aromatic carbocycles. The summed E-state index contributed by atoms with van der Waals surface area (Å²) in [5.74, 6) is -1.21. The van der Waals surface area contributed by atoms with Gasteiger partial charge in [-0.15, -0.1) is 0 Å². The van der Waals surface area contributed by atoms with Gasteiger partial charge in [-0.1, -0.05) is 48.7 Å². The van der Waals surface area contributed by atoms with Crippen LogP contribution in [0.2, 0.25) is 0 Å². The topological polar surface area (TPSA) is 99.9 Å². The second-order valence-electron chi connectivity index (χ2n) is 7.30. The minimum atomic E-state index is -1.72. The van der Waals surface area contributed by atoms with Crippen molar-refractivity contribution in [2.24, 2.45) is 11.1 Å². The summed E-state index contributed by atoms with van der Waals surface area (Å²) in [6, 6.07) is 13.9. The number of ether oxygens (including phenoxy) is 1. The van der Waals surface area contributed by atoms with Gasteiger partial charge in [0.2, 0.25) is 5.41 Å². The summed E-state index contributed by atoms with van der Waals surface area (Å²) in [7, 11) is 0. The second-order valence-corrected chi connectivity index (χ2v) is 7.30. The molecule has 0 radical (unpaired) electrons. The van der Waals surface area contributed by atoms with E-state index in [4.69, 9.17) is 10.5 Å². The maximum absolute atomic E-state index is 13.1. The Hall–Kier alpha value is -3.05. The van der Waals surface area contributed by atoms with Crippen molar-refractivity contribution < 1.29 is 9.53 Å². The van der Waals surface area contributed by atoms with Gasteiger partial charge < -0.3 is 10.5 Å². The lowest BCUT2D eigenvalue weighted by atomic mass is 9.60. The number of carbonyl (C=O) groups is 1. The molecule has 144 valence electrons. The second kappa shape index (κ2) is 8.31. The molecule has 0 spiro atoms. The van der Waals surface area contributed by atoms with Crippen molar-refractivity contribution in [2.75, 3.05) is 6.61 Å². The van der Waals surface area contributed by atoms with Crippen LogP contribution in [0.4, 0.5) is 0 Å². The van der Waals surface area contributed by atoms with Gasteiger partial charge in [0.05, 0.1) is 23.9 Å². The molecule has 5 nitrogen and oxygen atoms in total. The van der Waals surface area contributed by atoms with Crippen LogP contribution in [0.3, 0.4) is 0 Å². The third kappa shape index (κ3) is 3.08. The lowest BCUT2D eigenvalue weighted by Crippen LogP contribution is -2.46. The highest BCUT2D eigenvalue weighted by molar-refractivity contribution is 5.88. The fraction of sp³-hybridized carbons (Fsp3) is 0.435. The zero-order valence-electron chi connectivity index (χ0n) is 16.2. The summed E-state index contributed by atoms with van der Waals surface area (Å²) in [6.45, 7) is 1.85. The van der Waals surface area contributed by atoms with E-state index in [2.05, 4.69) is 12.1 Å². The van der Waals surface area contributed by atoms with E-state index in [1.54, 1.807) is 6.92 Å². The van der Waals surface area contributed by atoms with Crippen molar-refractivity contribution in [2.45, 2.75) is 51.4 Å². The van der Waals surface area contributed by atoms with Gasteiger partial charge >= 0.3 is 5.97 Å². The van der Waals surface area contributed by atoms with E-state index in [-0.39, 0.29) is 12.3 Å². The number of allylic oxidation sites excluding steroid dienone is 3. The Morgan fingerprint density at radius 1 is 1.18 bits per heavy atom. The minimum Gasteiger partial charge on any atom is -0.464 e. The zero-order chi connectivity index (χ0) is 20.1. The number of hydrogen-bond donors (Lipinski definition) is 1. The molecular weight excluding hydrogens is 350 g/mol. The average molecular weight is 375 g/mol. The van der Waals surface area contributed by atoms with Gasteiger partial charge in [0.1, 0.15) is 6.07 Å². The lowest BCUT2D eigenvalue weighted by Gasteiger charge is -2.41. The van der Waals surface area contributed by atoms with Gasteiger partial charge in [0.15, 0.2) is 0 Å². The van der Waals surface area contributed by atoms with Gasteiger partial charge in [0, 0.05) is 5.92 Å². The molecule has 28 heavy (non-hydrogen) atoms. The molecule has 2 aliphatic rings. The summed E-state index contributed by atoms with van der Waals surface area (Å²) in [4.78, 5) is 13.1. The summed E-state index contributed by atoms with van der Waals surface area (Å²) < 4.78 is 5.32. The lowest BCUT2D eigenvalue weighted by molar-refractivity contribution is -0.151. The average Bonchev–Trinajstić information content (AvgIpc) is 2.69. The smallest absolute Gasteiger partial charge is 0.333 e. The summed E-state index contributed by atoms with van der Waals surface area (Å²) in [5.41, 5.74) is 7.80. The Morgan fingerprint density at radius 3 is 2.46 bits per heavy atom. The molecule has 0 heterocycles. The van der Waals surface area contributed by atoms with Crippen LogP contribution in [0.5, 0.6) is 0 Å². The molecule has 2 N–H and O–H groups in total. The largest absolute Gasteiger partial charge is 0.464 e. The van der Waals surface area contributed by atoms with E-state index < -0.39 is 17.3 Å². The first-order valence-electron chi connectivity index (χ1n) is 9.87. The molecule has 1 aromatic rings. The summed E-state index contributed by atoms with van der Waals surface area (Å²) in [5, 5.41) is 20.1. The Kier molecular flexibility index (Phi) is 5.85. The number of nitrogens with zero attached hydrogens (tertiary/aromatic N) is 2. The first-order chi connectivity index (χ1) is 13.6. The Balaban J connectivity index is 2.34. The van der Waals surface area contributed by atoms with Crippen LogP contribution in [0, 0.1) is 28.1 Å². The summed E-state index contributed by atoms with van der Waals surface area (Å²) >= 11 is 0. The van der Waals surface area contributed by atoms with Crippen molar-refractivity contribution in [1.29, 1.82) is 10.5 Å². The maximum Gasteiger partial charge on any atom is 0.333 e. The molecule has 0 fully saturated rings. The molecule has 0 saturated heterocycles. The van der Waals surface area contributed by atoms with Crippen LogP contribution in [-0.2, 0) is 9.53 Å². The summed E-state index contributed by atoms with van der Waals surface area (Å²) in [6.07, 6.45) is 5.62. The molecule has 2 atom stereocenters. The third-order valence-corrected chi connectivity index (χ3v) is 5.81. The standard InChI is InChI=1S/C23H25N3O2/c1-2-28-22(27)23(15-25)20(16-10-6-5-7-11-16)18-13-9-4-3-8-12-17(18)19(14-24)21(23)26/h5-7,10-11,20H,2-4,8-9,12-13,26H2,1H3/t20-,23+/m1/s1. The monoisotopic (exact) mass is 375 g/mol. The number of carbonyl (C=O) groups excluding carboxylic acids is 1. The highest BCUT2D eigenvalue weighted by Gasteiger charge is 2.56. The van der Waals surface area contributed by atoms with E-state index in [1.165, 1.54) is 0 Å². The van der Waals surface area contributed by atoms with Gasteiger partial charge in [-0.25, -0.2) is 4.79 Å². The van der Waals surface area contributed by atoms with Crippen LogP contribution in [-0.4, -0.2) is 12.6 Å². The SMILES string of the molecule is CCOC(=O)[C@]1(C#N)C(N)=C(C#N)C2=C(CCCCCC2)[C@H]1c1ccccc1. The molecule has 0 saturated carbocycles. The van der Waals surface area contributed by atoms with Crippen molar-refractivity contribution in [3.05, 3.63) is 58.3 Å². The van der Waals surface area contributed by atoms with E-state index in [0.717, 1.165) is 55.2 Å². The Morgan fingerprint density at radius 2 is 1.86 bits per heavy atom. The first kappa shape index (κ1) is 19.7. The van der Waals surface area contributed by atoms with Crippen molar-refractivity contribution in [1.82, 2.24) is 0 Å². The Bertz CT molecular complexity index is 902. The van der Waals surface area contributed by atoms with Gasteiger partial charge in [0.25, 0.3) is 0 Å². The van der Waals surface area contributed by atoms with Crippen molar-refractivity contribution in [3.8, 4) is 12.1 Å². The van der Waals surface area contributed by atoms with Gasteiger partial charge in [-0.2, -0.15) is 10.5 Å². The predicted octanol–water partition coefficient (Wildman–Crippen LogP) is 4.24. The number of esters is 1. The number of rotatable bonds is 3. The predicted molar refractivity (Wildman–Crippen MR) is 105 cm³/mol. The van der Waals surface area contributed by atoms with Gasteiger partial charge in [-0.05, 0) is 43.7 Å². The van der Waals surface area contributed by atoms with Crippen molar-refractivity contribution in [3.63, 3.8) is 0 Å². The molecule has 0 unspecified atom stereocenters. The molecule has 0 aromatic heterocycles. The van der Waals surface area contributed by atoms with Crippen LogP contribution in [0.1, 0.15) is 56.9 Å². The van der Waals surface area contributed by atoms with E-state index in [9.17, 15) is 15.3 Å². The number of hydrogen-bond acceptors (Lipinski definition) is 5. The van der Waals surface area contributed by atoms with Crippen molar-refractivity contribution >= 4 is 5.97 Å². The fourth-order valence-corrected chi connectivity index (χ4v) is 4.53. The fourth-order valence-electron chi connectivity index (χ4n) is 4.53. The van der Waals surface area contributed by atoms with E-state index in [1.807, 2.05) is 30.3 Å². The normalized spacial score (nSPS) is 25.0. The highest BCUT2D eigenvalue weighted by atomic mass is 16.5. The van der Waals surface area contributed by atoms with E-state index in [0.29, 0.717) is 5.57 Å². The Labute approximate surface area is 166 Å². The minimum absolute atomic E-state index is 0.0316.